The second-order valence-electron chi connectivity index (χ2n) is 7.85. The Morgan fingerprint density at radius 1 is 1.03 bits per heavy atom. The maximum absolute atomic E-state index is 13.3. The molecule has 0 aliphatic carbocycles. The van der Waals surface area contributed by atoms with Crippen LogP contribution in [0.15, 0.2) is 60.7 Å². The number of likely N-dealkylation sites (tertiary alicyclic amines) is 1. The van der Waals surface area contributed by atoms with E-state index >= 15 is 0 Å². The van der Waals surface area contributed by atoms with Gasteiger partial charge in [0.05, 0.1) is 26.1 Å². The van der Waals surface area contributed by atoms with Crippen molar-refractivity contribution in [2.45, 2.75) is 25.8 Å². The van der Waals surface area contributed by atoms with E-state index < -0.39 is 5.97 Å². The molecule has 7 heteroatoms. The van der Waals surface area contributed by atoms with Gasteiger partial charge in [-0.2, -0.15) is 0 Å². The molecule has 0 saturated carbocycles. The van der Waals surface area contributed by atoms with Gasteiger partial charge in [0, 0.05) is 19.6 Å². The Kier molecular flexibility index (Phi) is 8.66. The zero-order chi connectivity index (χ0) is 22.8. The van der Waals surface area contributed by atoms with Gasteiger partial charge >= 0.3 is 5.97 Å². The first kappa shape index (κ1) is 23.3. The second kappa shape index (κ2) is 11.9. The van der Waals surface area contributed by atoms with Crippen LogP contribution in [0.4, 0.5) is 0 Å². The number of para-hydroxylation sites is 1. The molecule has 32 heavy (non-hydrogen) atoms. The predicted molar refractivity (Wildman–Crippen MR) is 120 cm³/mol. The van der Waals surface area contributed by atoms with Crippen LogP contribution in [-0.4, -0.2) is 60.9 Å². The summed E-state index contributed by atoms with van der Waals surface area (Å²) < 4.78 is 10.4. The number of benzene rings is 2. The molecule has 0 aromatic heterocycles. The third-order valence-electron chi connectivity index (χ3n) is 5.53. The minimum absolute atomic E-state index is 0.0268. The average molecular weight is 439 g/mol. The van der Waals surface area contributed by atoms with Gasteiger partial charge in [-0.05, 0) is 30.5 Å². The number of carbonyl (C=O) groups is 3. The number of amides is 2. The summed E-state index contributed by atoms with van der Waals surface area (Å²) in [6.07, 6.45) is 1.69. The fraction of sp³-hybridized carbons (Fsp3) is 0.400. The maximum atomic E-state index is 13.3. The van der Waals surface area contributed by atoms with Crippen molar-refractivity contribution >= 4 is 17.8 Å². The van der Waals surface area contributed by atoms with E-state index in [0.29, 0.717) is 32.7 Å². The number of nitrogens with zero attached hydrogens (tertiary/aromatic N) is 2. The number of carbonyl (C=O) groups excluding carboxylic acids is 3. The number of ether oxygens (including phenoxy) is 2. The lowest BCUT2D eigenvalue weighted by atomic mass is 9.96. The van der Waals surface area contributed by atoms with Gasteiger partial charge in [0.15, 0.2) is 0 Å². The second-order valence-corrected chi connectivity index (χ2v) is 7.85. The molecule has 0 bridgehead atoms. The van der Waals surface area contributed by atoms with Crippen LogP contribution in [0, 0.1) is 5.92 Å². The van der Waals surface area contributed by atoms with Gasteiger partial charge in [-0.1, -0.05) is 48.5 Å². The first-order valence-corrected chi connectivity index (χ1v) is 10.9. The fourth-order valence-corrected chi connectivity index (χ4v) is 3.83. The summed E-state index contributed by atoms with van der Waals surface area (Å²) in [5.74, 6) is -0.225. The van der Waals surface area contributed by atoms with Crippen molar-refractivity contribution in [2.75, 3.05) is 33.4 Å². The first-order valence-electron chi connectivity index (χ1n) is 10.9. The summed E-state index contributed by atoms with van der Waals surface area (Å²) in [5.41, 5.74) is 0.937. The summed E-state index contributed by atoms with van der Waals surface area (Å²) in [4.78, 5) is 41.1. The Hall–Kier alpha value is -3.35. The van der Waals surface area contributed by atoms with Gasteiger partial charge in [0.1, 0.15) is 12.3 Å². The molecule has 1 aliphatic heterocycles. The number of piperidine rings is 1. The minimum Gasteiger partial charge on any atom is -0.493 e. The van der Waals surface area contributed by atoms with Crippen LogP contribution in [0.1, 0.15) is 24.8 Å². The molecule has 0 N–H and O–H groups in total. The molecule has 1 saturated heterocycles. The molecule has 1 heterocycles. The minimum atomic E-state index is -0.462. The summed E-state index contributed by atoms with van der Waals surface area (Å²) in [5, 5.41) is 0. The van der Waals surface area contributed by atoms with Gasteiger partial charge in [-0.25, -0.2) is 0 Å². The summed E-state index contributed by atoms with van der Waals surface area (Å²) in [7, 11) is 1.31. The zero-order valence-electron chi connectivity index (χ0n) is 18.4. The molecule has 2 amide bonds. The van der Waals surface area contributed by atoms with Crippen molar-refractivity contribution in [3.8, 4) is 5.75 Å². The number of hydrogen-bond acceptors (Lipinski definition) is 5. The van der Waals surface area contributed by atoms with Gasteiger partial charge in [-0.3, -0.25) is 14.4 Å². The Morgan fingerprint density at radius 3 is 2.41 bits per heavy atom. The normalized spacial score (nSPS) is 15.7. The summed E-state index contributed by atoms with van der Waals surface area (Å²) >= 11 is 0. The van der Waals surface area contributed by atoms with Crippen LogP contribution in [0.2, 0.25) is 0 Å². The van der Waals surface area contributed by atoms with E-state index in [9.17, 15) is 14.4 Å². The maximum Gasteiger partial charge on any atom is 0.325 e. The predicted octanol–water partition coefficient (Wildman–Crippen LogP) is 2.90. The molecule has 7 nitrogen and oxygen atoms in total. The molecular weight excluding hydrogens is 408 g/mol. The van der Waals surface area contributed by atoms with Gasteiger partial charge < -0.3 is 19.3 Å². The standard InChI is InChI=1S/C25H30N2O5/c1-31-24(29)19-27(17-20-9-4-2-5-10-20)25(30)21-11-8-15-26(18-21)23(28)14-16-32-22-12-6-3-7-13-22/h2-7,9-10,12-13,21H,8,11,14-19H2,1H3. The summed E-state index contributed by atoms with van der Waals surface area (Å²) in [6, 6.07) is 18.9. The molecule has 1 unspecified atom stereocenters. The van der Waals surface area contributed by atoms with E-state index in [2.05, 4.69) is 0 Å². The van der Waals surface area contributed by atoms with Gasteiger partial charge in [0.2, 0.25) is 11.8 Å². The van der Waals surface area contributed by atoms with E-state index in [1.54, 1.807) is 4.90 Å². The quantitative estimate of drug-likeness (QED) is 0.563. The van der Waals surface area contributed by atoms with Crippen LogP contribution in [0.5, 0.6) is 5.75 Å². The molecule has 1 fully saturated rings. The highest BCUT2D eigenvalue weighted by Gasteiger charge is 2.32. The van der Waals surface area contributed by atoms with Crippen LogP contribution in [0.25, 0.3) is 0 Å². The lowest BCUT2D eigenvalue weighted by molar-refractivity contribution is -0.150. The SMILES string of the molecule is COC(=O)CN(Cc1ccccc1)C(=O)C1CCCN(C(=O)CCOc2ccccc2)C1. The number of methoxy groups -OCH3 is 1. The Balaban J connectivity index is 1.57. The monoisotopic (exact) mass is 438 g/mol. The van der Waals surface area contributed by atoms with E-state index in [0.717, 1.165) is 17.7 Å². The molecular formula is C25H30N2O5. The van der Waals surface area contributed by atoms with Gasteiger partial charge in [-0.15, -0.1) is 0 Å². The first-order chi connectivity index (χ1) is 15.6. The Labute approximate surface area is 188 Å². The molecule has 1 atom stereocenters. The van der Waals surface area contributed by atoms with Crippen LogP contribution < -0.4 is 4.74 Å². The largest absolute Gasteiger partial charge is 0.493 e. The van der Waals surface area contributed by atoms with Crippen LogP contribution in [-0.2, 0) is 25.7 Å². The molecule has 0 radical (unpaired) electrons. The Bertz CT molecular complexity index is 888. The van der Waals surface area contributed by atoms with E-state index in [4.69, 9.17) is 9.47 Å². The van der Waals surface area contributed by atoms with Crippen molar-refractivity contribution in [2.24, 2.45) is 5.92 Å². The molecule has 170 valence electrons. The third kappa shape index (κ3) is 6.83. The average Bonchev–Trinajstić information content (AvgIpc) is 2.84. The highest BCUT2D eigenvalue weighted by atomic mass is 16.5. The van der Waals surface area contributed by atoms with Gasteiger partial charge in [0.25, 0.3) is 0 Å². The number of rotatable bonds is 9. The molecule has 2 aromatic rings. The topological polar surface area (TPSA) is 76.2 Å². The van der Waals surface area contributed by atoms with Crippen molar-refractivity contribution < 1.29 is 23.9 Å². The van der Waals surface area contributed by atoms with E-state index in [1.807, 2.05) is 60.7 Å². The van der Waals surface area contributed by atoms with E-state index in [-0.39, 0.29) is 30.7 Å². The Morgan fingerprint density at radius 2 is 1.72 bits per heavy atom. The van der Waals surface area contributed by atoms with Crippen LogP contribution in [0.3, 0.4) is 0 Å². The zero-order valence-corrected chi connectivity index (χ0v) is 18.4. The smallest absolute Gasteiger partial charge is 0.325 e. The fourth-order valence-electron chi connectivity index (χ4n) is 3.83. The van der Waals surface area contributed by atoms with Crippen molar-refractivity contribution in [3.63, 3.8) is 0 Å². The van der Waals surface area contributed by atoms with E-state index in [1.165, 1.54) is 12.0 Å². The van der Waals surface area contributed by atoms with Crippen LogP contribution >= 0.6 is 0 Å². The third-order valence-corrected chi connectivity index (χ3v) is 5.53. The van der Waals surface area contributed by atoms with Crippen molar-refractivity contribution in [1.82, 2.24) is 9.80 Å². The van der Waals surface area contributed by atoms with Crippen molar-refractivity contribution in [1.29, 1.82) is 0 Å². The highest BCUT2D eigenvalue weighted by Crippen LogP contribution is 2.21. The lowest BCUT2D eigenvalue weighted by Gasteiger charge is -2.35. The number of hydrogen-bond donors (Lipinski definition) is 0. The lowest BCUT2D eigenvalue weighted by Crippen LogP contribution is -2.48. The molecule has 1 aliphatic rings. The number of esters is 1. The summed E-state index contributed by atoms with van der Waals surface area (Å²) in [6.45, 7) is 1.49. The van der Waals surface area contributed by atoms with Crippen molar-refractivity contribution in [3.05, 3.63) is 66.2 Å². The molecule has 2 aromatic carbocycles. The molecule has 0 spiro atoms. The molecule has 3 rings (SSSR count). The highest BCUT2D eigenvalue weighted by molar-refractivity contribution is 5.85.